The highest BCUT2D eigenvalue weighted by Crippen LogP contribution is 2.21. The van der Waals surface area contributed by atoms with Gasteiger partial charge in [0.05, 0.1) is 5.69 Å². The van der Waals surface area contributed by atoms with Crippen LogP contribution in [-0.2, 0) is 0 Å². The highest BCUT2D eigenvalue weighted by atomic mass is 16.1. The summed E-state index contributed by atoms with van der Waals surface area (Å²) in [5.74, 6) is -0.593. The summed E-state index contributed by atoms with van der Waals surface area (Å²) in [5.41, 5.74) is 11.1. The molecule has 0 amide bonds. The molecule has 2 aromatic carbocycles. The normalized spacial score (nSPS) is 10.8. The number of aryl methyl sites for hydroxylation is 2. The van der Waals surface area contributed by atoms with E-state index < -0.39 is 5.84 Å². The summed E-state index contributed by atoms with van der Waals surface area (Å²) in [4.78, 5) is 12.8. The fraction of sp³-hybridized carbons (Fsp3) is 0.111. The van der Waals surface area contributed by atoms with E-state index in [0.717, 1.165) is 11.1 Å². The third-order valence-corrected chi connectivity index (χ3v) is 3.30. The van der Waals surface area contributed by atoms with Gasteiger partial charge in [0.1, 0.15) is 6.07 Å². The van der Waals surface area contributed by atoms with Crippen molar-refractivity contribution in [2.24, 2.45) is 10.8 Å². The van der Waals surface area contributed by atoms with Gasteiger partial charge in [-0.2, -0.15) is 10.4 Å². The number of rotatable bonds is 5. The Balaban J connectivity index is 2.40. The average molecular weight is 319 g/mol. The number of hydrazone groups is 1. The van der Waals surface area contributed by atoms with Gasteiger partial charge in [0.2, 0.25) is 5.71 Å². The number of anilines is 1. The van der Waals surface area contributed by atoms with Crippen LogP contribution in [0.25, 0.3) is 0 Å². The van der Waals surface area contributed by atoms with Gasteiger partial charge in [0, 0.05) is 11.1 Å². The maximum Gasteiger partial charge on any atom is 0.201 e. The number of nitrogens with two attached hydrogens (primary N) is 1. The Morgan fingerprint density at radius 1 is 1.21 bits per heavy atom. The molecular formula is C18H17N5O. The van der Waals surface area contributed by atoms with Gasteiger partial charge in [-0.15, -0.1) is 0 Å². The highest BCUT2D eigenvalue weighted by molar-refractivity contribution is 6.45. The minimum atomic E-state index is -0.442. The predicted octanol–water partition coefficient (Wildman–Crippen LogP) is 2.76. The molecule has 0 aliphatic rings. The van der Waals surface area contributed by atoms with E-state index in [1.165, 1.54) is 0 Å². The van der Waals surface area contributed by atoms with Crippen LogP contribution in [0.15, 0.2) is 47.6 Å². The molecule has 0 atom stereocenters. The van der Waals surface area contributed by atoms with E-state index in [1.807, 2.05) is 32.0 Å². The number of benzene rings is 2. The van der Waals surface area contributed by atoms with Crippen molar-refractivity contribution in [2.75, 3.05) is 5.43 Å². The Kier molecular flexibility index (Phi) is 5.07. The molecule has 0 aromatic heterocycles. The Morgan fingerprint density at radius 3 is 2.42 bits per heavy atom. The molecule has 24 heavy (non-hydrogen) atoms. The molecular weight excluding hydrogens is 302 g/mol. The number of carbonyl (C=O) groups is 1. The van der Waals surface area contributed by atoms with E-state index in [2.05, 4.69) is 10.5 Å². The van der Waals surface area contributed by atoms with Crippen LogP contribution < -0.4 is 11.2 Å². The summed E-state index contributed by atoms with van der Waals surface area (Å²) in [6.07, 6.45) is 0. The molecule has 0 saturated carbocycles. The second kappa shape index (κ2) is 7.20. The monoisotopic (exact) mass is 319 g/mol. The molecule has 0 aliphatic carbocycles. The van der Waals surface area contributed by atoms with Gasteiger partial charge in [-0.1, -0.05) is 29.3 Å². The van der Waals surface area contributed by atoms with Crippen LogP contribution in [0.5, 0.6) is 0 Å². The van der Waals surface area contributed by atoms with Crippen molar-refractivity contribution in [3.63, 3.8) is 0 Å². The van der Waals surface area contributed by atoms with Gasteiger partial charge in [-0.3, -0.25) is 15.6 Å². The molecule has 6 heteroatoms. The van der Waals surface area contributed by atoms with Gasteiger partial charge in [-0.05, 0) is 38.1 Å². The van der Waals surface area contributed by atoms with Gasteiger partial charge >= 0.3 is 0 Å². The van der Waals surface area contributed by atoms with E-state index >= 15 is 0 Å². The summed E-state index contributed by atoms with van der Waals surface area (Å²) >= 11 is 0. The quantitative estimate of drug-likeness (QED) is 0.340. The number of para-hydroxylation sites is 1. The smallest absolute Gasteiger partial charge is 0.201 e. The lowest BCUT2D eigenvalue weighted by Crippen LogP contribution is -2.22. The van der Waals surface area contributed by atoms with Crippen LogP contribution in [0, 0.1) is 30.6 Å². The highest BCUT2D eigenvalue weighted by Gasteiger charge is 2.14. The zero-order valence-electron chi connectivity index (χ0n) is 13.4. The van der Waals surface area contributed by atoms with Gasteiger partial charge < -0.3 is 5.73 Å². The second-order valence-corrected chi connectivity index (χ2v) is 5.35. The number of hydrogen-bond donors (Lipinski definition) is 3. The number of nitriles is 1. The lowest BCUT2D eigenvalue weighted by molar-refractivity contribution is 0.103. The maximum atomic E-state index is 12.8. The molecule has 0 heterocycles. The number of amidine groups is 1. The zero-order valence-corrected chi connectivity index (χ0v) is 13.4. The van der Waals surface area contributed by atoms with E-state index in [4.69, 9.17) is 16.4 Å². The first-order chi connectivity index (χ1) is 11.4. The van der Waals surface area contributed by atoms with Crippen LogP contribution in [0.3, 0.4) is 0 Å². The van der Waals surface area contributed by atoms with E-state index in [0.29, 0.717) is 16.8 Å². The molecule has 0 fully saturated rings. The molecule has 0 saturated heterocycles. The molecule has 0 radical (unpaired) electrons. The Bertz CT molecular complexity index is 857. The van der Waals surface area contributed by atoms with Gasteiger partial charge in [0.25, 0.3) is 0 Å². The van der Waals surface area contributed by atoms with Crippen molar-refractivity contribution in [1.82, 2.24) is 0 Å². The van der Waals surface area contributed by atoms with Crippen LogP contribution in [0.4, 0.5) is 5.69 Å². The molecule has 4 N–H and O–H groups in total. The molecule has 120 valence electrons. The second-order valence-electron chi connectivity index (χ2n) is 5.35. The fourth-order valence-corrected chi connectivity index (χ4v) is 2.30. The molecule has 0 unspecified atom stereocenters. The summed E-state index contributed by atoms with van der Waals surface area (Å²) in [7, 11) is 0. The largest absolute Gasteiger partial charge is 0.382 e. The zero-order chi connectivity index (χ0) is 17.7. The van der Waals surface area contributed by atoms with E-state index in [1.54, 1.807) is 30.3 Å². The third kappa shape index (κ3) is 3.84. The summed E-state index contributed by atoms with van der Waals surface area (Å²) in [6.45, 7) is 3.87. The summed E-state index contributed by atoms with van der Waals surface area (Å²) < 4.78 is 0. The summed E-state index contributed by atoms with van der Waals surface area (Å²) in [5, 5.41) is 19.9. The minimum Gasteiger partial charge on any atom is -0.382 e. The number of carbonyl (C=O) groups excluding carboxylic acids is 1. The van der Waals surface area contributed by atoms with Crippen molar-refractivity contribution in [2.45, 2.75) is 13.8 Å². The molecule has 0 bridgehead atoms. The standard InChI is InChI=1S/C18H17N5O/c1-11-7-12(2)9-13(8-11)17(24)14-5-3-4-6-15(14)22-23-16(10-19)18(20)21/h3-9,22H,1-2H3,(H3,20,21)/b23-16+. The topological polar surface area (TPSA) is 115 Å². The van der Waals surface area contributed by atoms with Crippen molar-refractivity contribution in [3.05, 3.63) is 64.7 Å². The van der Waals surface area contributed by atoms with Crippen molar-refractivity contribution < 1.29 is 4.79 Å². The van der Waals surface area contributed by atoms with Crippen molar-refractivity contribution in [1.29, 1.82) is 10.7 Å². The van der Waals surface area contributed by atoms with Crippen LogP contribution >= 0.6 is 0 Å². The Labute approximate surface area is 140 Å². The SMILES string of the molecule is Cc1cc(C)cc(C(=O)c2ccccc2N/N=C(\C#N)C(=N)N)c1. The molecule has 0 aliphatic heterocycles. The van der Waals surface area contributed by atoms with Crippen molar-refractivity contribution in [3.8, 4) is 6.07 Å². The predicted molar refractivity (Wildman–Crippen MR) is 94.4 cm³/mol. The minimum absolute atomic E-state index is 0.151. The van der Waals surface area contributed by atoms with Crippen LogP contribution in [0.1, 0.15) is 27.0 Å². The van der Waals surface area contributed by atoms with Gasteiger partial charge in [-0.25, -0.2) is 0 Å². The van der Waals surface area contributed by atoms with Crippen LogP contribution in [-0.4, -0.2) is 17.3 Å². The number of ketones is 1. The third-order valence-electron chi connectivity index (χ3n) is 3.30. The first-order valence-corrected chi connectivity index (χ1v) is 7.22. The molecule has 6 nitrogen and oxygen atoms in total. The van der Waals surface area contributed by atoms with E-state index in [9.17, 15) is 4.79 Å². The lowest BCUT2D eigenvalue weighted by Gasteiger charge is -2.09. The molecule has 2 rings (SSSR count). The number of nitrogens with one attached hydrogen (secondary N) is 2. The average Bonchev–Trinajstić information content (AvgIpc) is 2.54. The number of hydrogen-bond acceptors (Lipinski definition) is 5. The molecule has 2 aromatic rings. The van der Waals surface area contributed by atoms with Crippen molar-refractivity contribution >= 4 is 23.0 Å². The van der Waals surface area contributed by atoms with Crippen LogP contribution in [0.2, 0.25) is 0 Å². The molecule has 0 spiro atoms. The van der Waals surface area contributed by atoms with Gasteiger partial charge in [0.15, 0.2) is 11.6 Å². The Hall–Kier alpha value is -3.46. The number of nitrogens with zero attached hydrogens (tertiary/aromatic N) is 2. The lowest BCUT2D eigenvalue weighted by atomic mass is 9.98. The fourth-order valence-electron chi connectivity index (χ4n) is 2.30. The first-order valence-electron chi connectivity index (χ1n) is 7.22. The first kappa shape index (κ1) is 16.9. The summed E-state index contributed by atoms with van der Waals surface area (Å²) in [6, 6.07) is 14.2. The van der Waals surface area contributed by atoms with E-state index in [-0.39, 0.29) is 11.5 Å². The maximum absolute atomic E-state index is 12.8. The Morgan fingerprint density at radius 2 is 1.83 bits per heavy atom.